The number of nitrogens with zero attached hydrogens (tertiary/aromatic N) is 4. The van der Waals surface area contributed by atoms with Crippen LogP contribution in [0.3, 0.4) is 0 Å². The average Bonchev–Trinajstić information content (AvgIpc) is 3.93. The van der Waals surface area contributed by atoms with Crippen LogP contribution in [0.15, 0.2) is 182 Å². The summed E-state index contributed by atoms with van der Waals surface area (Å²) in [5.41, 5.74) is 12.3. The number of benzene rings is 8. The number of fused-ring (bicyclic) bond motifs is 5. The minimum atomic E-state index is -0.364. The van der Waals surface area contributed by atoms with Crippen molar-refractivity contribution in [3.05, 3.63) is 212 Å². The van der Waals surface area contributed by atoms with Crippen LogP contribution in [0.1, 0.15) is 58.2 Å². The molecule has 4 aliphatic heterocycles. The standard InChI is InChI=1S/C62H49N4O2.Pt/c1-61(2,3)43-33-51(40-16-8-7-9-17-40)60-52(34-43)42-18-14-20-46(32-42)67-45-28-26-41(27-29-45)53-38-63-59(37-54(53)62(4,5)6)66-55-23-11-10-22-49(55)50-31-30-48(36-58(50)66)68-47-21-15-19-44(35-47)64-39-65(60)57-25-13-12-24-56(57)64;/h7-34,37-39H,1-6H3;/q-3;/i10D,11D,22D,23D;. The Morgan fingerprint density at radius 1 is 0.565 bits per heavy atom. The first-order valence-corrected chi connectivity index (χ1v) is 22.9. The van der Waals surface area contributed by atoms with Crippen molar-refractivity contribution in [3.8, 4) is 62.2 Å². The van der Waals surface area contributed by atoms with Crippen molar-refractivity contribution in [1.82, 2.24) is 9.55 Å². The van der Waals surface area contributed by atoms with Crippen molar-refractivity contribution in [3.63, 3.8) is 0 Å². The van der Waals surface area contributed by atoms with Gasteiger partial charge in [-0.05, 0) is 105 Å². The van der Waals surface area contributed by atoms with Gasteiger partial charge in [0.1, 0.15) is 17.3 Å². The summed E-state index contributed by atoms with van der Waals surface area (Å²) in [4.78, 5) is 9.48. The van der Waals surface area contributed by atoms with Crippen molar-refractivity contribution in [2.75, 3.05) is 9.80 Å². The van der Waals surface area contributed by atoms with Crippen LogP contribution in [0.4, 0.5) is 22.7 Å². The maximum Gasteiger partial charge on any atom is 0.135 e. The van der Waals surface area contributed by atoms with E-state index in [1.165, 1.54) is 5.56 Å². The Balaban J connectivity index is 0.00000574. The van der Waals surface area contributed by atoms with Gasteiger partial charge in [-0.3, -0.25) is 0 Å². The average molecular weight is 1080 g/mol. The van der Waals surface area contributed by atoms with Gasteiger partial charge in [0, 0.05) is 78.0 Å². The largest absolute Gasteiger partial charge is 0.509 e. The summed E-state index contributed by atoms with van der Waals surface area (Å²) in [7, 11) is 0. The van der Waals surface area contributed by atoms with E-state index in [0.29, 0.717) is 50.6 Å². The molecule has 0 radical (unpaired) electrons. The smallest absolute Gasteiger partial charge is 0.135 e. The third-order valence-corrected chi connectivity index (χ3v) is 12.9. The van der Waals surface area contributed by atoms with E-state index in [2.05, 4.69) is 161 Å². The second-order valence-electron chi connectivity index (χ2n) is 19.5. The molecule has 0 spiro atoms. The molecule has 342 valence electrons. The zero-order valence-corrected chi connectivity index (χ0v) is 41.3. The van der Waals surface area contributed by atoms with Crippen molar-refractivity contribution >= 4 is 44.6 Å². The number of para-hydroxylation sites is 3. The van der Waals surface area contributed by atoms with Crippen molar-refractivity contribution in [1.29, 1.82) is 0 Å². The third-order valence-electron chi connectivity index (χ3n) is 12.9. The maximum absolute atomic E-state index is 9.24. The Morgan fingerprint density at radius 3 is 2.01 bits per heavy atom. The second-order valence-corrected chi connectivity index (χ2v) is 19.5. The normalized spacial score (nSPS) is 13.9. The zero-order valence-electron chi connectivity index (χ0n) is 43.0. The molecule has 0 saturated carbocycles. The predicted molar refractivity (Wildman–Crippen MR) is 278 cm³/mol. The fraction of sp³-hybridized carbons (Fsp3) is 0.129. The van der Waals surface area contributed by atoms with Crippen molar-refractivity contribution in [2.24, 2.45) is 0 Å². The first-order chi connectivity index (χ1) is 34.6. The van der Waals surface area contributed by atoms with E-state index in [0.717, 1.165) is 61.7 Å². The summed E-state index contributed by atoms with van der Waals surface area (Å²) in [5.74, 6) is 2.69. The van der Waals surface area contributed by atoms with Gasteiger partial charge in [0.15, 0.2) is 0 Å². The van der Waals surface area contributed by atoms with Gasteiger partial charge < -0.3 is 23.8 Å². The number of aromatic nitrogens is 2. The number of hydrogen-bond donors (Lipinski definition) is 0. The van der Waals surface area contributed by atoms with Gasteiger partial charge in [-0.25, -0.2) is 4.98 Å². The third kappa shape index (κ3) is 7.87. The minimum Gasteiger partial charge on any atom is -0.509 e. The van der Waals surface area contributed by atoms with Gasteiger partial charge in [0.25, 0.3) is 0 Å². The Labute approximate surface area is 424 Å². The molecule has 7 heteroatoms. The fourth-order valence-corrected chi connectivity index (χ4v) is 9.51. The Kier molecular flexibility index (Phi) is 9.74. The molecule has 12 bridgehead atoms. The van der Waals surface area contributed by atoms with Crippen molar-refractivity contribution < 1.29 is 36.0 Å². The SMILES string of the molecule is [2H]c1c([2H])c([2H])c2c(c1[2H])c1ccc3[c-]c1n2-c1cc(C(C)(C)C)c(cn1)-c1ccc(cc1)Oc1cccc(c1)-c1cc(C(C)(C)C)cc(-c2ccccc2)c1N1[CH-]N(c2[c-]c(ccc2)O3)c2ccccc21.[Pt]. The van der Waals surface area contributed by atoms with Gasteiger partial charge >= 0.3 is 0 Å². The molecule has 0 saturated heterocycles. The van der Waals surface area contributed by atoms with Gasteiger partial charge in [0.2, 0.25) is 0 Å². The molecule has 2 aromatic heterocycles. The van der Waals surface area contributed by atoms with Crippen molar-refractivity contribution in [2.45, 2.75) is 52.4 Å². The molecule has 14 rings (SSSR count). The minimum absolute atomic E-state index is 0. The number of hydrogen-bond acceptors (Lipinski definition) is 5. The van der Waals surface area contributed by atoms with E-state index >= 15 is 0 Å². The summed E-state index contributed by atoms with van der Waals surface area (Å²) in [5, 5.41) is 0.973. The van der Waals surface area contributed by atoms with Crippen LogP contribution >= 0.6 is 0 Å². The second kappa shape index (κ2) is 17.0. The number of pyridine rings is 1. The van der Waals surface area contributed by atoms with Crippen LogP contribution in [0.5, 0.6) is 23.0 Å². The summed E-state index contributed by atoms with van der Waals surface area (Å²) in [6, 6.07) is 57.6. The molecule has 10 aromatic rings. The molecule has 8 aromatic carbocycles. The molecular formula is C62H49N4O2Pt-3. The topological polar surface area (TPSA) is 42.8 Å². The van der Waals surface area contributed by atoms with Gasteiger partial charge in [-0.15, -0.1) is 48.1 Å². The first kappa shape index (κ1) is 39.6. The Hall–Kier alpha value is -7.40. The summed E-state index contributed by atoms with van der Waals surface area (Å²) >= 11 is 0. The molecule has 0 aliphatic carbocycles. The Bertz CT molecular complexity index is 3830. The molecule has 69 heavy (non-hydrogen) atoms. The van der Waals surface area contributed by atoms with E-state index in [-0.39, 0.29) is 56.1 Å². The summed E-state index contributed by atoms with van der Waals surface area (Å²) in [6.07, 6.45) is 1.85. The van der Waals surface area contributed by atoms with Gasteiger partial charge in [-0.1, -0.05) is 132 Å². The quantitative estimate of drug-likeness (QED) is 0.153. The van der Waals surface area contributed by atoms with Gasteiger partial charge in [0.05, 0.1) is 5.48 Å². The molecule has 6 nitrogen and oxygen atoms in total. The van der Waals surface area contributed by atoms with Crippen LogP contribution in [0.25, 0.3) is 61.0 Å². The number of rotatable bonds is 1. The monoisotopic (exact) mass is 1080 g/mol. The molecule has 0 fully saturated rings. The maximum atomic E-state index is 9.24. The molecule has 0 unspecified atom stereocenters. The van der Waals surface area contributed by atoms with Gasteiger partial charge in [-0.2, -0.15) is 12.1 Å². The van der Waals surface area contributed by atoms with Crippen LogP contribution < -0.4 is 19.3 Å². The molecule has 0 atom stereocenters. The summed E-state index contributed by atoms with van der Waals surface area (Å²) in [6.45, 7) is 15.4. The molecule has 0 amide bonds. The Morgan fingerprint density at radius 2 is 1.25 bits per heavy atom. The van der Waals surface area contributed by atoms with Crippen LogP contribution in [-0.2, 0) is 31.9 Å². The number of anilines is 4. The molecule has 4 aliphatic rings. The molecule has 6 heterocycles. The molecule has 0 N–H and O–H groups in total. The van der Waals surface area contributed by atoms with E-state index in [1.54, 1.807) is 10.6 Å². The fourth-order valence-electron chi connectivity index (χ4n) is 9.51. The predicted octanol–water partition coefficient (Wildman–Crippen LogP) is 16.7. The number of ether oxygens (including phenoxy) is 2. The van der Waals surface area contributed by atoms with E-state index < -0.39 is 0 Å². The zero-order chi connectivity index (χ0) is 49.8. The van der Waals surface area contributed by atoms with E-state index in [4.69, 9.17) is 18.6 Å². The first-order valence-electron chi connectivity index (χ1n) is 24.9. The van der Waals surface area contributed by atoms with E-state index in [9.17, 15) is 1.37 Å². The van der Waals surface area contributed by atoms with Crippen LogP contribution in [0, 0.1) is 18.8 Å². The molecular weight excluding hydrogens is 1030 g/mol. The van der Waals surface area contributed by atoms with Crippen LogP contribution in [0.2, 0.25) is 0 Å². The van der Waals surface area contributed by atoms with Crippen LogP contribution in [-0.4, -0.2) is 9.55 Å². The van der Waals surface area contributed by atoms with E-state index in [1.807, 2.05) is 60.8 Å². The summed E-state index contributed by atoms with van der Waals surface area (Å²) < 4.78 is 51.0.